The molecule has 0 aliphatic carbocycles. The lowest BCUT2D eigenvalue weighted by atomic mass is 10.2. The van der Waals surface area contributed by atoms with Crippen molar-refractivity contribution in [3.63, 3.8) is 0 Å². The van der Waals surface area contributed by atoms with Crippen LogP contribution in [0.3, 0.4) is 0 Å². The third kappa shape index (κ3) is 1.92. The molecule has 0 spiro atoms. The average molecular weight is 295 g/mol. The summed E-state index contributed by atoms with van der Waals surface area (Å²) in [5, 5.41) is 1.65. The third-order valence-electron chi connectivity index (χ3n) is 3.48. The molecule has 0 saturated heterocycles. The molecule has 4 nitrogen and oxygen atoms in total. The normalized spacial score (nSPS) is 11.3. The monoisotopic (exact) mass is 294 g/mol. The van der Waals surface area contributed by atoms with Crippen LogP contribution >= 0.6 is 11.6 Å². The van der Waals surface area contributed by atoms with Crippen LogP contribution in [0.5, 0.6) is 0 Å². The van der Waals surface area contributed by atoms with Crippen LogP contribution in [0.15, 0.2) is 55.0 Å². The molecule has 2 aromatic heterocycles. The molecule has 0 unspecified atom stereocenters. The van der Waals surface area contributed by atoms with Crippen molar-refractivity contribution in [2.45, 2.75) is 0 Å². The third-order valence-corrected chi connectivity index (χ3v) is 3.72. The number of nitrogen functional groups attached to an aromatic ring is 1. The van der Waals surface area contributed by atoms with Crippen LogP contribution in [0.25, 0.3) is 27.6 Å². The van der Waals surface area contributed by atoms with Gasteiger partial charge in [0.05, 0.1) is 17.2 Å². The zero-order chi connectivity index (χ0) is 14.4. The van der Waals surface area contributed by atoms with Crippen LogP contribution in [-0.2, 0) is 0 Å². The number of anilines is 1. The molecule has 2 heterocycles. The Balaban J connectivity index is 2.13. The minimum atomic E-state index is 0.678. The van der Waals surface area contributed by atoms with Crippen LogP contribution in [0.2, 0.25) is 5.02 Å². The summed E-state index contributed by atoms with van der Waals surface area (Å²) < 4.78 is 2.01. The van der Waals surface area contributed by atoms with E-state index in [9.17, 15) is 0 Å². The first-order chi connectivity index (χ1) is 10.2. The van der Waals surface area contributed by atoms with E-state index in [0.29, 0.717) is 10.7 Å². The number of halogens is 1. The molecule has 0 fully saturated rings. The molecular formula is C16H11ClN4. The summed E-state index contributed by atoms with van der Waals surface area (Å²) in [4.78, 5) is 8.84. The summed E-state index contributed by atoms with van der Waals surface area (Å²) in [5.74, 6) is 0. The van der Waals surface area contributed by atoms with Crippen molar-refractivity contribution in [2.24, 2.45) is 0 Å². The predicted octanol–water partition coefficient (Wildman–Crippen LogP) is 3.81. The lowest BCUT2D eigenvalue weighted by molar-refractivity contribution is 1.10. The van der Waals surface area contributed by atoms with Crippen molar-refractivity contribution >= 4 is 39.2 Å². The van der Waals surface area contributed by atoms with E-state index < -0.39 is 0 Å². The van der Waals surface area contributed by atoms with Gasteiger partial charge in [-0.25, -0.2) is 4.98 Å². The first-order valence-electron chi connectivity index (χ1n) is 6.49. The fourth-order valence-electron chi connectivity index (χ4n) is 2.54. The van der Waals surface area contributed by atoms with Crippen LogP contribution in [0, 0.1) is 0 Å². The highest BCUT2D eigenvalue weighted by Gasteiger charge is 2.10. The zero-order valence-corrected chi connectivity index (χ0v) is 11.7. The molecule has 0 aliphatic heterocycles. The molecule has 0 bridgehead atoms. The molecule has 102 valence electrons. The van der Waals surface area contributed by atoms with E-state index in [2.05, 4.69) is 9.97 Å². The summed E-state index contributed by atoms with van der Waals surface area (Å²) in [6.07, 6.45) is 3.55. The molecule has 0 aliphatic rings. The Morgan fingerprint density at radius 1 is 1.00 bits per heavy atom. The van der Waals surface area contributed by atoms with Crippen molar-refractivity contribution < 1.29 is 0 Å². The van der Waals surface area contributed by atoms with E-state index in [1.807, 2.05) is 47.0 Å². The summed E-state index contributed by atoms with van der Waals surface area (Å²) >= 11 is 6.13. The fourth-order valence-corrected chi connectivity index (χ4v) is 2.71. The maximum atomic E-state index is 6.13. The Bertz CT molecular complexity index is 975. The van der Waals surface area contributed by atoms with Gasteiger partial charge in [0.25, 0.3) is 0 Å². The van der Waals surface area contributed by atoms with Gasteiger partial charge < -0.3 is 5.73 Å². The van der Waals surface area contributed by atoms with Gasteiger partial charge in [-0.15, -0.1) is 0 Å². The van der Waals surface area contributed by atoms with Crippen molar-refractivity contribution in [3.05, 3.63) is 60.0 Å². The summed E-state index contributed by atoms with van der Waals surface area (Å²) in [6.45, 7) is 0. The Morgan fingerprint density at radius 3 is 2.76 bits per heavy atom. The summed E-state index contributed by atoms with van der Waals surface area (Å²) in [6, 6.07) is 13.4. The quantitative estimate of drug-likeness (QED) is 0.543. The van der Waals surface area contributed by atoms with E-state index in [-0.39, 0.29) is 0 Å². The maximum absolute atomic E-state index is 6.13. The van der Waals surface area contributed by atoms with Gasteiger partial charge in [0.2, 0.25) is 0 Å². The van der Waals surface area contributed by atoms with Gasteiger partial charge in [0, 0.05) is 21.8 Å². The van der Waals surface area contributed by atoms with E-state index >= 15 is 0 Å². The van der Waals surface area contributed by atoms with Crippen LogP contribution in [-0.4, -0.2) is 14.5 Å². The number of nitrogens with two attached hydrogens (primary N) is 1. The van der Waals surface area contributed by atoms with Crippen molar-refractivity contribution in [3.8, 4) is 5.69 Å². The summed E-state index contributed by atoms with van der Waals surface area (Å²) in [5.41, 5.74) is 10.2. The minimum absolute atomic E-state index is 0.678. The molecule has 0 saturated carbocycles. The Kier molecular flexibility index (Phi) is 2.59. The maximum Gasteiger partial charge on any atom is 0.108 e. The lowest BCUT2D eigenvalue weighted by Gasteiger charge is -2.07. The number of benzene rings is 2. The molecule has 0 amide bonds. The predicted molar refractivity (Wildman–Crippen MR) is 85.8 cm³/mol. The zero-order valence-electron chi connectivity index (χ0n) is 11.0. The van der Waals surface area contributed by atoms with Gasteiger partial charge in [-0.05, 0) is 36.4 Å². The Hall–Kier alpha value is -2.59. The number of aromatic nitrogens is 3. The number of pyridine rings is 1. The molecule has 5 heteroatoms. The van der Waals surface area contributed by atoms with E-state index in [1.165, 1.54) is 0 Å². The van der Waals surface area contributed by atoms with Crippen LogP contribution < -0.4 is 5.73 Å². The van der Waals surface area contributed by atoms with E-state index in [0.717, 1.165) is 27.6 Å². The van der Waals surface area contributed by atoms with Crippen molar-refractivity contribution in [1.82, 2.24) is 14.5 Å². The molecular weight excluding hydrogens is 284 g/mol. The number of rotatable bonds is 1. The topological polar surface area (TPSA) is 56.7 Å². The second-order valence-electron chi connectivity index (χ2n) is 4.86. The second-order valence-corrected chi connectivity index (χ2v) is 5.30. The molecule has 4 aromatic rings. The smallest absolute Gasteiger partial charge is 0.108 e. The summed E-state index contributed by atoms with van der Waals surface area (Å²) in [7, 11) is 0. The number of fused-ring (bicyclic) bond motifs is 3. The highest BCUT2D eigenvalue weighted by molar-refractivity contribution is 6.31. The SMILES string of the molecule is Nc1cccc(-n2cnc3cnc4ccc(Cl)cc4c32)c1. The van der Waals surface area contributed by atoms with Crippen molar-refractivity contribution in [2.75, 3.05) is 5.73 Å². The number of hydrogen-bond acceptors (Lipinski definition) is 3. The second kappa shape index (κ2) is 4.46. The van der Waals surface area contributed by atoms with E-state index in [1.54, 1.807) is 12.5 Å². The highest BCUT2D eigenvalue weighted by Crippen LogP contribution is 2.28. The average Bonchev–Trinajstić information content (AvgIpc) is 2.91. The van der Waals surface area contributed by atoms with E-state index in [4.69, 9.17) is 17.3 Å². The van der Waals surface area contributed by atoms with Gasteiger partial charge in [-0.1, -0.05) is 17.7 Å². The molecule has 0 radical (unpaired) electrons. The van der Waals surface area contributed by atoms with Crippen LogP contribution in [0.4, 0.5) is 5.69 Å². The molecule has 21 heavy (non-hydrogen) atoms. The highest BCUT2D eigenvalue weighted by atomic mass is 35.5. The Morgan fingerprint density at radius 2 is 1.90 bits per heavy atom. The molecule has 4 rings (SSSR count). The van der Waals surface area contributed by atoms with Crippen molar-refractivity contribution in [1.29, 1.82) is 0 Å². The first-order valence-corrected chi connectivity index (χ1v) is 6.87. The molecule has 0 atom stereocenters. The van der Waals surface area contributed by atoms with Crippen LogP contribution in [0.1, 0.15) is 0 Å². The lowest BCUT2D eigenvalue weighted by Crippen LogP contribution is -1.95. The van der Waals surface area contributed by atoms with Gasteiger partial charge in [0.15, 0.2) is 0 Å². The van der Waals surface area contributed by atoms with Gasteiger partial charge >= 0.3 is 0 Å². The Labute approximate surface area is 125 Å². The number of nitrogens with zero attached hydrogens (tertiary/aromatic N) is 3. The number of imidazole rings is 1. The molecule has 2 aromatic carbocycles. The number of hydrogen-bond donors (Lipinski definition) is 1. The standard InChI is InChI=1S/C16H11ClN4/c17-10-4-5-14-13(6-10)16-15(8-19-14)20-9-21(16)12-3-1-2-11(18)7-12/h1-9H,18H2. The largest absolute Gasteiger partial charge is 0.399 e. The van der Waals surface area contributed by atoms with Gasteiger partial charge in [-0.3, -0.25) is 9.55 Å². The fraction of sp³-hybridized carbons (Fsp3) is 0. The van der Waals surface area contributed by atoms with Gasteiger partial charge in [0.1, 0.15) is 11.8 Å². The van der Waals surface area contributed by atoms with Gasteiger partial charge in [-0.2, -0.15) is 0 Å². The first kappa shape index (κ1) is 12.2. The minimum Gasteiger partial charge on any atom is -0.399 e. The molecule has 2 N–H and O–H groups in total.